The molecule has 3 rings (SSSR count). The first-order valence-corrected chi connectivity index (χ1v) is 5.82. The molecular weight excluding hydrogens is 248 g/mol. The number of nitrogen functional groups attached to an aromatic ring is 1. The van der Waals surface area contributed by atoms with Gasteiger partial charge in [0.05, 0.1) is 12.5 Å². The highest BCUT2D eigenvalue weighted by molar-refractivity contribution is 5.72. The fraction of sp³-hybridized carbons (Fsp3) is 0.364. The van der Waals surface area contributed by atoms with E-state index >= 15 is 0 Å². The molecule has 3 N–H and O–H groups in total. The Labute approximate surface area is 108 Å². The fourth-order valence-corrected chi connectivity index (χ4v) is 2.44. The Balaban J connectivity index is 2.01. The summed E-state index contributed by atoms with van der Waals surface area (Å²) in [5.41, 5.74) is 6.34. The number of aliphatic carboxylic acids is 1. The minimum absolute atomic E-state index is 0.170. The van der Waals surface area contributed by atoms with Crippen LogP contribution in [0, 0.1) is 5.92 Å². The van der Waals surface area contributed by atoms with Gasteiger partial charge in [-0.2, -0.15) is 4.98 Å². The third-order valence-corrected chi connectivity index (χ3v) is 3.35. The van der Waals surface area contributed by atoms with Gasteiger partial charge in [0.25, 0.3) is 0 Å². The summed E-state index contributed by atoms with van der Waals surface area (Å²) < 4.78 is 1.66. The van der Waals surface area contributed by atoms with Crippen molar-refractivity contribution in [2.45, 2.75) is 18.9 Å². The summed E-state index contributed by atoms with van der Waals surface area (Å²) >= 11 is 0. The molecule has 1 aliphatic heterocycles. The van der Waals surface area contributed by atoms with Crippen molar-refractivity contribution in [1.82, 2.24) is 24.7 Å². The molecule has 19 heavy (non-hydrogen) atoms. The molecule has 0 saturated heterocycles. The maximum absolute atomic E-state index is 11.4. The van der Waals surface area contributed by atoms with Crippen LogP contribution in [0.15, 0.2) is 18.7 Å². The van der Waals surface area contributed by atoms with E-state index in [0.717, 1.165) is 5.56 Å². The van der Waals surface area contributed by atoms with Crippen LogP contribution in [0.5, 0.6) is 0 Å². The summed E-state index contributed by atoms with van der Waals surface area (Å²) in [5.74, 6) is -0.877. The van der Waals surface area contributed by atoms with E-state index in [-0.39, 0.29) is 11.9 Å². The molecule has 2 aromatic rings. The van der Waals surface area contributed by atoms with Crippen LogP contribution in [0.1, 0.15) is 17.3 Å². The maximum Gasteiger partial charge on any atom is 0.307 e. The third-order valence-electron chi connectivity index (χ3n) is 3.35. The molecule has 2 aromatic heterocycles. The molecule has 98 valence electrons. The van der Waals surface area contributed by atoms with Gasteiger partial charge >= 0.3 is 5.97 Å². The van der Waals surface area contributed by atoms with Gasteiger partial charge in [0.2, 0.25) is 5.95 Å². The highest BCUT2D eigenvalue weighted by Crippen LogP contribution is 2.32. The first kappa shape index (κ1) is 11.6. The number of carboxylic acids is 1. The predicted molar refractivity (Wildman–Crippen MR) is 64.0 cm³/mol. The van der Waals surface area contributed by atoms with Crippen molar-refractivity contribution in [3.63, 3.8) is 0 Å². The standard InChI is InChI=1S/C11H12N6O2/c12-11-15-9-1-7(10(18)19)8(4-17(9)16-11)6-2-13-5-14-3-6/h2-3,5,7-8H,1,4H2,(H2,12,16)(H,18,19). The molecular formula is C11H12N6O2. The van der Waals surface area contributed by atoms with Crippen molar-refractivity contribution in [1.29, 1.82) is 0 Å². The molecule has 2 unspecified atom stereocenters. The van der Waals surface area contributed by atoms with Crippen molar-refractivity contribution in [2.75, 3.05) is 5.73 Å². The number of fused-ring (bicyclic) bond motifs is 1. The Morgan fingerprint density at radius 2 is 2.16 bits per heavy atom. The van der Waals surface area contributed by atoms with Gasteiger partial charge in [-0.1, -0.05) is 0 Å². The van der Waals surface area contributed by atoms with Gasteiger partial charge in [-0.3, -0.25) is 4.79 Å². The average Bonchev–Trinajstić information content (AvgIpc) is 2.77. The van der Waals surface area contributed by atoms with Gasteiger partial charge < -0.3 is 10.8 Å². The van der Waals surface area contributed by atoms with Gasteiger partial charge in [-0.25, -0.2) is 14.6 Å². The highest BCUT2D eigenvalue weighted by Gasteiger charge is 2.36. The highest BCUT2D eigenvalue weighted by atomic mass is 16.4. The van der Waals surface area contributed by atoms with Crippen LogP contribution < -0.4 is 5.73 Å². The topological polar surface area (TPSA) is 120 Å². The predicted octanol–water partition coefficient (Wildman–Crippen LogP) is -0.309. The second kappa shape index (κ2) is 4.30. The lowest BCUT2D eigenvalue weighted by Gasteiger charge is -2.28. The van der Waals surface area contributed by atoms with E-state index in [1.807, 2.05) is 0 Å². The Kier molecular flexibility index (Phi) is 2.62. The lowest BCUT2D eigenvalue weighted by Crippen LogP contribution is -2.33. The van der Waals surface area contributed by atoms with Crippen LogP contribution in [-0.4, -0.2) is 35.8 Å². The summed E-state index contributed by atoms with van der Waals surface area (Å²) in [6, 6.07) is 0. The van der Waals surface area contributed by atoms with E-state index in [4.69, 9.17) is 5.73 Å². The van der Waals surface area contributed by atoms with Gasteiger partial charge in [0, 0.05) is 24.7 Å². The Morgan fingerprint density at radius 1 is 1.42 bits per heavy atom. The van der Waals surface area contributed by atoms with Crippen LogP contribution in [-0.2, 0) is 17.8 Å². The van der Waals surface area contributed by atoms with E-state index in [0.29, 0.717) is 18.8 Å². The monoisotopic (exact) mass is 260 g/mol. The number of rotatable bonds is 2. The Hall–Kier alpha value is -2.51. The minimum Gasteiger partial charge on any atom is -0.481 e. The average molecular weight is 260 g/mol. The SMILES string of the molecule is Nc1nc2n(n1)CC(c1cncnc1)C(C(=O)O)C2. The van der Waals surface area contributed by atoms with Crippen LogP contribution >= 0.6 is 0 Å². The zero-order valence-corrected chi connectivity index (χ0v) is 9.97. The zero-order chi connectivity index (χ0) is 13.4. The Morgan fingerprint density at radius 3 is 2.84 bits per heavy atom. The molecule has 8 heteroatoms. The van der Waals surface area contributed by atoms with E-state index in [9.17, 15) is 9.90 Å². The maximum atomic E-state index is 11.4. The molecule has 1 aliphatic rings. The fourth-order valence-electron chi connectivity index (χ4n) is 2.44. The molecule has 2 atom stereocenters. The van der Waals surface area contributed by atoms with Crippen molar-refractivity contribution >= 4 is 11.9 Å². The van der Waals surface area contributed by atoms with Gasteiger partial charge in [-0.05, 0) is 5.56 Å². The molecule has 0 aliphatic carbocycles. The molecule has 0 bridgehead atoms. The second-order valence-corrected chi connectivity index (χ2v) is 4.50. The molecule has 0 radical (unpaired) electrons. The zero-order valence-electron chi connectivity index (χ0n) is 9.97. The largest absolute Gasteiger partial charge is 0.481 e. The number of aromatic nitrogens is 5. The van der Waals surface area contributed by atoms with Crippen molar-refractivity contribution < 1.29 is 9.90 Å². The summed E-state index contributed by atoms with van der Waals surface area (Å²) in [6.07, 6.45) is 5.00. The third kappa shape index (κ3) is 2.01. The minimum atomic E-state index is -0.860. The molecule has 0 amide bonds. The summed E-state index contributed by atoms with van der Waals surface area (Å²) in [5, 5.41) is 13.4. The smallest absolute Gasteiger partial charge is 0.307 e. The van der Waals surface area contributed by atoms with Gasteiger partial charge in [-0.15, -0.1) is 5.10 Å². The summed E-state index contributed by atoms with van der Waals surface area (Å²) in [4.78, 5) is 23.4. The normalized spacial score (nSPS) is 21.9. The molecule has 0 spiro atoms. The van der Waals surface area contributed by atoms with Crippen LogP contribution in [0.2, 0.25) is 0 Å². The molecule has 0 aromatic carbocycles. The van der Waals surface area contributed by atoms with E-state index in [2.05, 4.69) is 20.1 Å². The summed E-state index contributed by atoms with van der Waals surface area (Å²) in [7, 11) is 0. The van der Waals surface area contributed by atoms with E-state index < -0.39 is 11.9 Å². The molecule has 0 saturated carbocycles. The summed E-state index contributed by atoms with van der Waals surface area (Å²) in [6.45, 7) is 0.421. The van der Waals surface area contributed by atoms with Crippen molar-refractivity contribution in [3.05, 3.63) is 30.1 Å². The lowest BCUT2D eigenvalue weighted by atomic mass is 9.83. The quantitative estimate of drug-likeness (QED) is 0.759. The molecule has 0 fully saturated rings. The molecule has 3 heterocycles. The van der Waals surface area contributed by atoms with E-state index in [1.54, 1.807) is 17.1 Å². The number of carboxylic acid groups (broad SMARTS) is 1. The second-order valence-electron chi connectivity index (χ2n) is 4.50. The van der Waals surface area contributed by atoms with Crippen LogP contribution in [0.25, 0.3) is 0 Å². The number of hydrogen-bond donors (Lipinski definition) is 2. The Bertz CT molecular complexity index is 611. The number of anilines is 1. The number of hydrogen-bond acceptors (Lipinski definition) is 6. The van der Waals surface area contributed by atoms with Crippen LogP contribution in [0.4, 0.5) is 5.95 Å². The first-order valence-electron chi connectivity index (χ1n) is 5.82. The van der Waals surface area contributed by atoms with Crippen LogP contribution in [0.3, 0.4) is 0 Å². The van der Waals surface area contributed by atoms with Gasteiger partial charge in [0.15, 0.2) is 0 Å². The van der Waals surface area contributed by atoms with Gasteiger partial charge in [0.1, 0.15) is 12.2 Å². The van der Waals surface area contributed by atoms with Crippen molar-refractivity contribution in [3.8, 4) is 0 Å². The first-order chi connectivity index (χ1) is 9.15. The van der Waals surface area contributed by atoms with Crippen molar-refractivity contribution in [2.24, 2.45) is 5.92 Å². The number of carbonyl (C=O) groups is 1. The number of nitrogens with zero attached hydrogens (tertiary/aromatic N) is 5. The lowest BCUT2D eigenvalue weighted by molar-refractivity contribution is -0.143. The number of nitrogens with two attached hydrogens (primary N) is 1. The molecule has 8 nitrogen and oxygen atoms in total. The van der Waals surface area contributed by atoms with E-state index in [1.165, 1.54) is 6.33 Å².